The SMILES string of the molecule is C.CNCC(C)(C)C.Cl.[C-]#[N+]c1cc(F)c(Nc2cc(C(=O)NOC)ccc2C)nc1Cl.[C-]#[N+]c1cc(F)c(Nc2cc(C(=O)NOC)ccc2C)nc1N(C)CC(C)(C)C. The largest absolute Gasteiger partial charge is 0.368 e. The van der Waals surface area contributed by atoms with Crippen LogP contribution in [0.2, 0.25) is 5.15 Å². The van der Waals surface area contributed by atoms with Crippen molar-refractivity contribution in [1.29, 1.82) is 0 Å². The van der Waals surface area contributed by atoms with E-state index < -0.39 is 23.4 Å². The van der Waals surface area contributed by atoms with E-state index in [0.717, 1.165) is 23.7 Å². The van der Waals surface area contributed by atoms with Gasteiger partial charge >= 0.3 is 0 Å². The summed E-state index contributed by atoms with van der Waals surface area (Å²) in [6, 6.07) is 12.0. The number of aryl methyl sites for hydroxylation is 2. The molecular formula is C43H58Cl2F2N10O4. The molecule has 0 fully saturated rings. The van der Waals surface area contributed by atoms with Crippen LogP contribution in [0.1, 0.15) is 80.8 Å². The lowest BCUT2D eigenvalue weighted by atomic mass is 9.96. The van der Waals surface area contributed by atoms with Crippen molar-refractivity contribution in [3.05, 3.63) is 110 Å². The number of rotatable bonds is 11. The number of hydrogen-bond acceptors (Lipinski definition) is 10. The number of benzene rings is 2. The second-order valence-electron chi connectivity index (χ2n) is 15.6. The second kappa shape index (κ2) is 25.2. The number of nitrogens with one attached hydrogen (secondary N) is 5. The number of hydrogen-bond donors (Lipinski definition) is 5. The summed E-state index contributed by atoms with van der Waals surface area (Å²) >= 11 is 5.82. The van der Waals surface area contributed by atoms with Gasteiger partial charge in [0, 0.05) is 36.1 Å². The average Bonchev–Trinajstić information content (AvgIpc) is 3.14. The van der Waals surface area contributed by atoms with Gasteiger partial charge in [0.25, 0.3) is 11.8 Å². The highest BCUT2D eigenvalue weighted by molar-refractivity contribution is 6.32. The van der Waals surface area contributed by atoms with Gasteiger partial charge in [-0.2, -0.15) is 0 Å². The zero-order chi connectivity index (χ0) is 44.7. The van der Waals surface area contributed by atoms with Crippen molar-refractivity contribution in [2.45, 2.75) is 62.8 Å². The normalized spacial score (nSPS) is 10.4. The predicted molar refractivity (Wildman–Crippen MR) is 244 cm³/mol. The zero-order valence-corrected chi connectivity index (χ0v) is 37.5. The molecule has 0 spiro atoms. The monoisotopic (exact) mass is 886 g/mol. The van der Waals surface area contributed by atoms with Gasteiger partial charge in [-0.1, -0.05) is 72.7 Å². The molecule has 0 aliphatic carbocycles. The molecule has 332 valence electrons. The van der Waals surface area contributed by atoms with Crippen LogP contribution in [0.15, 0.2) is 48.5 Å². The lowest BCUT2D eigenvalue weighted by Gasteiger charge is -2.28. The van der Waals surface area contributed by atoms with Crippen molar-refractivity contribution >= 4 is 76.0 Å². The summed E-state index contributed by atoms with van der Waals surface area (Å²) < 4.78 is 28.6. The summed E-state index contributed by atoms with van der Waals surface area (Å²) in [4.78, 5) is 49.5. The van der Waals surface area contributed by atoms with Crippen molar-refractivity contribution in [2.24, 2.45) is 10.8 Å². The summed E-state index contributed by atoms with van der Waals surface area (Å²) in [5.41, 5.74) is 8.18. The van der Waals surface area contributed by atoms with Crippen LogP contribution in [0.4, 0.5) is 49.0 Å². The van der Waals surface area contributed by atoms with E-state index >= 15 is 0 Å². The van der Waals surface area contributed by atoms with Gasteiger partial charge in [-0.15, -0.1) is 12.4 Å². The third-order valence-electron chi connectivity index (χ3n) is 7.76. The molecule has 2 aromatic carbocycles. The topological polar surface area (TPSA) is 150 Å². The molecule has 5 N–H and O–H groups in total. The van der Waals surface area contributed by atoms with Crippen molar-refractivity contribution in [3.8, 4) is 0 Å². The van der Waals surface area contributed by atoms with Gasteiger partial charge in [0.05, 0.1) is 27.4 Å². The molecule has 14 nitrogen and oxygen atoms in total. The first kappa shape index (κ1) is 55.4. The third kappa shape index (κ3) is 17.9. The van der Waals surface area contributed by atoms with Crippen molar-refractivity contribution in [2.75, 3.05) is 56.9 Å². The maximum absolute atomic E-state index is 14.6. The molecule has 0 radical (unpaired) electrons. The number of aromatic nitrogens is 2. The molecule has 18 heteroatoms. The Morgan fingerprint density at radius 1 is 0.770 bits per heavy atom. The Kier molecular flexibility index (Phi) is 22.9. The van der Waals surface area contributed by atoms with Gasteiger partial charge in [0.2, 0.25) is 11.4 Å². The number of halogens is 4. The Balaban J connectivity index is 0.00000101. The molecule has 4 rings (SSSR count). The smallest absolute Gasteiger partial charge is 0.274 e. The van der Waals surface area contributed by atoms with E-state index in [9.17, 15) is 18.4 Å². The van der Waals surface area contributed by atoms with Gasteiger partial charge in [0.1, 0.15) is 11.0 Å². The fraction of sp³-hybridized carbons (Fsp3) is 0.395. The standard InChI is InChI=1S/C21H26FN5O2.C15H12ClFN4O2.C6H15N.CH4.ClH/c1-13-8-9-14(20(28)26-29-7)10-16(13)24-18-15(22)11-17(23-5)19(25-18)27(6)12-21(2,3)4;1-8-4-5-9(15(22)21-23-3)6-11(8)19-14-10(17)7-12(18-2)13(16)20-14;1-6(2,3)5-7-4;;/h8-11H,12H2,1-4,6-7H3,(H,24,25)(H,26,28);4-7H,1,3H3,(H,19,20)(H,21,22);7H,5H2,1-4H3;1H4;1H. The van der Waals surface area contributed by atoms with Crippen LogP contribution < -0.4 is 31.8 Å². The molecule has 0 aliphatic heterocycles. The molecule has 61 heavy (non-hydrogen) atoms. The minimum absolute atomic E-state index is 0. The second-order valence-corrected chi connectivity index (χ2v) is 16.0. The first-order valence-electron chi connectivity index (χ1n) is 18.2. The first-order chi connectivity index (χ1) is 27.6. The van der Waals surface area contributed by atoms with Crippen LogP contribution in [0.25, 0.3) is 9.69 Å². The summed E-state index contributed by atoms with van der Waals surface area (Å²) in [6.45, 7) is 32.4. The highest BCUT2D eigenvalue weighted by Crippen LogP contribution is 2.34. The van der Waals surface area contributed by atoms with E-state index in [0.29, 0.717) is 40.3 Å². The molecule has 0 bridgehead atoms. The van der Waals surface area contributed by atoms with Gasteiger partial charge in [0.15, 0.2) is 23.3 Å². The highest BCUT2D eigenvalue weighted by atomic mass is 35.5. The predicted octanol–water partition coefficient (Wildman–Crippen LogP) is 10.7. The fourth-order valence-corrected chi connectivity index (χ4v) is 5.40. The molecule has 2 heterocycles. The van der Waals surface area contributed by atoms with E-state index in [-0.39, 0.29) is 53.4 Å². The highest BCUT2D eigenvalue weighted by Gasteiger charge is 2.21. The van der Waals surface area contributed by atoms with Crippen LogP contribution in [0.3, 0.4) is 0 Å². The number of carbonyl (C=O) groups excluding carboxylic acids is 2. The molecule has 0 unspecified atom stereocenters. The number of amides is 2. The lowest BCUT2D eigenvalue weighted by molar-refractivity contribution is 0.0533. The maximum Gasteiger partial charge on any atom is 0.274 e. The summed E-state index contributed by atoms with van der Waals surface area (Å²) in [5.74, 6) is -1.97. The number of pyridine rings is 2. The molecule has 0 saturated heterocycles. The minimum Gasteiger partial charge on any atom is -0.368 e. The lowest BCUT2D eigenvalue weighted by Crippen LogP contribution is -2.30. The van der Waals surface area contributed by atoms with Crippen molar-refractivity contribution in [1.82, 2.24) is 26.2 Å². The van der Waals surface area contributed by atoms with E-state index in [2.05, 4.69) is 97.8 Å². The fourth-order valence-electron chi connectivity index (χ4n) is 5.21. The number of hydroxylamine groups is 2. The van der Waals surface area contributed by atoms with Gasteiger partial charge < -0.3 is 20.9 Å². The summed E-state index contributed by atoms with van der Waals surface area (Å²) in [6.07, 6.45) is 0. The van der Waals surface area contributed by atoms with E-state index in [1.165, 1.54) is 26.4 Å². The number of carbonyl (C=O) groups is 2. The van der Waals surface area contributed by atoms with Gasteiger partial charge in [-0.3, -0.25) is 19.3 Å². The van der Waals surface area contributed by atoms with Crippen molar-refractivity contribution < 1.29 is 28.0 Å². The molecule has 4 aromatic rings. The van der Waals surface area contributed by atoms with Gasteiger partial charge in [-0.25, -0.2) is 39.4 Å². The van der Waals surface area contributed by atoms with Crippen LogP contribution in [0, 0.1) is 49.5 Å². The number of anilines is 5. The molecule has 0 saturated carbocycles. The Morgan fingerprint density at radius 2 is 1.20 bits per heavy atom. The van der Waals surface area contributed by atoms with Crippen LogP contribution in [-0.4, -0.2) is 63.2 Å². The van der Waals surface area contributed by atoms with E-state index in [1.54, 1.807) is 37.3 Å². The third-order valence-corrected chi connectivity index (χ3v) is 8.04. The summed E-state index contributed by atoms with van der Waals surface area (Å²) in [7, 11) is 6.47. The Labute approximate surface area is 370 Å². The van der Waals surface area contributed by atoms with Crippen LogP contribution >= 0.6 is 24.0 Å². The molecular weight excluding hydrogens is 829 g/mol. The average molecular weight is 888 g/mol. The molecule has 0 atom stereocenters. The van der Waals surface area contributed by atoms with Crippen LogP contribution in [-0.2, 0) is 9.68 Å². The molecule has 0 aliphatic rings. The Hall–Kier alpha value is -5.62. The quantitative estimate of drug-likeness (QED) is 0.0559. The van der Waals surface area contributed by atoms with Crippen molar-refractivity contribution in [3.63, 3.8) is 0 Å². The first-order valence-corrected chi connectivity index (χ1v) is 18.5. The Morgan fingerprint density at radius 3 is 1.56 bits per heavy atom. The number of nitrogens with zero attached hydrogens (tertiary/aromatic N) is 5. The van der Waals surface area contributed by atoms with E-state index in [1.807, 2.05) is 25.9 Å². The molecule has 2 aromatic heterocycles. The van der Waals surface area contributed by atoms with E-state index in [4.69, 9.17) is 24.7 Å². The van der Waals surface area contributed by atoms with Crippen LogP contribution in [0.5, 0.6) is 0 Å². The maximum atomic E-state index is 14.6. The summed E-state index contributed by atoms with van der Waals surface area (Å²) in [5, 5.41) is 8.73. The van der Waals surface area contributed by atoms with Gasteiger partial charge in [-0.05, 0) is 85.8 Å². The molecule has 2 amide bonds. The Bertz CT molecular complexity index is 2180. The minimum atomic E-state index is -0.716. The zero-order valence-electron chi connectivity index (χ0n) is 35.9.